The number of hydrogen-bond acceptors (Lipinski definition) is 7. The molecule has 0 atom stereocenters. The molecular formula is C24H28N2O7. The van der Waals surface area contributed by atoms with Crippen molar-refractivity contribution in [2.45, 2.75) is 26.4 Å². The summed E-state index contributed by atoms with van der Waals surface area (Å²) in [5, 5.41) is 5.32. The highest BCUT2D eigenvalue weighted by Gasteiger charge is 2.18. The van der Waals surface area contributed by atoms with Crippen molar-refractivity contribution in [3.63, 3.8) is 0 Å². The Bertz CT molecular complexity index is 1030. The fourth-order valence-electron chi connectivity index (χ4n) is 2.59. The summed E-state index contributed by atoms with van der Waals surface area (Å²) in [5.41, 5.74) is 0.769. The molecule has 0 saturated carbocycles. The van der Waals surface area contributed by atoms with Crippen molar-refractivity contribution < 1.29 is 33.3 Å². The number of ether oxygens (including phenoxy) is 4. The highest BCUT2D eigenvalue weighted by atomic mass is 16.6. The van der Waals surface area contributed by atoms with Gasteiger partial charge >= 0.3 is 12.1 Å². The molecule has 0 saturated heterocycles. The van der Waals surface area contributed by atoms with E-state index in [1.165, 1.54) is 20.3 Å². The van der Waals surface area contributed by atoms with E-state index in [4.69, 9.17) is 14.2 Å². The zero-order valence-electron chi connectivity index (χ0n) is 19.3. The number of carbonyl (C=O) groups excluding carboxylic acids is 3. The second kappa shape index (κ2) is 11.6. The van der Waals surface area contributed by atoms with Crippen molar-refractivity contribution in [2.75, 3.05) is 31.5 Å². The molecule has 0 fully saturated rings. The quantitative estimate of drug-likeness (QED) is 0.451. The highest BCUT2D eigenvalue weighted by Crippen LogP contribution is 2.29. The van der Waals surface area contributed by atoms with Crippen LogP contribution in [-0.4, -0.2) is 44.4 Å². The summed E-state index contributed by atoms with van der Waals surface area (Å²) in [6, 6.07) is 11.7. The number of nitrogens with one attached hydrogen (secondary N) is 2. The van der Waals surface area contributed by atoms with Crippen LogP contribution < -0.4 is 20.1 Å². The van der Waals surface area contributed by atoms with Gasteiger partial charge in [-0.2, -0.15) is 0 Å². The average Bonchev–Trinajstić information content (AvgIpc) is 2.76. The van der Waals surface area contributed by atoms with Crippen LogP contribution in [0, 0.1) is 0 Å². The summed E-state index contributed by atoms with van der Waals surface area (Å²) in [6.07, 6.45) is 2.19. The summed E-state index contributed by atoms with van der Waals surface area (Å²) >= 11 is 0. The van der Waals surface area contributed by atoms with Crippen LogP contribution in [0.5, 0.6) is 11.5 Å². The first-order valence-corrected chi connectivity index (χ1v) is 10.1. The van der Waals surface area contributed by atoms with Crippen LogP contribution in [0.15, 0.2) is 48.5 Å². The molecular weight excluding hydrogens is 428 g/mol. The number of rotatable bonds is 8. The van der Waals surface area contributed by atoms with E-state index in [1.54, 1.807) is 69.3 Å². The molecule has 0 bridgehead atoms. The number of carbonyl (C=O) groups is 3. The first kappa shape index (κ1) is 25.3. The molecule has 9 nitrogen and oxygen atoms in total. The van der Waals surface area contributed by atoms with Crippen LogP contribution in [0.2, 0.25) is 0 Å². The van der Waals surface area contributed by atoms with Crippen LogP contribution in [0.1, 0.15) is 26.3 Å². The minimum Gasteiger partial charge on any atom is -0.493 e. The number of para-hydroxylation sites is 2. The molecule has 0 radical (unpaired) electrons. The molecule has 2 aromatic carbocycles. The molecule has 0 aliphatic rings. The first-order chi connectivity index (χ1) is 15.6. The molecule has 0 heterocycles. The zero-order valence-corrected chi connectivity index (χ0v) is 19.3. The van der Waals surface area contributed by atoms with Crippen molar-refractivity contribution in [3.8, 4) is 11.5 Å². The molecule has 33 heavy (non-hydrogen) atoms. The van der Waals surface area contributed by atoms with E-state index < -0.39 is 23.6 Å². The molecule has 0 unspecified atom stereocenters. The molecule has 2 rings (SSSR count). The van der Waals surface area contributed by atoms with Crippen LogP contribution in [0.4, 0.5) is 16.2 Å². The number of methoxy groups -OCH3 is 2. The third kappa shape index (κ3) is 8.56. The smallest absolute Gasteiger partial charge is 0.412 e. The second-order valence-electron chi connectivity index (χ2n) is 7.78. The fourth-order valence-corrected chi connectivity index (χ4v) is 2.59. The minimum absolute atomic E-state index is 0.318. The summed E-state index contributed by atoms with van der Waals surface area (Å²) in [5.74, 6) is -0.206. The third-order valence-corrected chi connectivity index (χ3v) is 4.00. The number of anilines is 2. The van der Waals surface area contributed by atoms with E-state index in [1.807, 2.05) is 0 Å². The molecule has 0 spiro atoms. The lowest BCUT2D eigenvalue weighted by Gasteiger charge is -2.20. The lowest BCUT2D eigenvalue weighted by Crippen LogP contribution is -2.28. The van der Waals surface area contributed by atoms with Crippen LogP contribution >= 0.6 is 0 Å². The summed E-state index contributed by atoms with van der Waals surface area (Å²) < 4.78 is 20.7. The predicted octanol–water partition coefficient (Wildman–Crippen LogP) is 4.25. The maximum atomic E-state index is 12.5. The molecule has 2 amide bonds. The predicted molar refractivity (Wildman–Crippen MR) is 124 cm³/mol. The van der Waals surface area contributed by atoms with Gasteiger partial charge in [-0.05, 0) is 56.7 Å². The minimum atomic E-state index is -0.657. The van der Waals surface area contributed by atoms with Gasteiger partial charge in [0.1, 0.15) is 5.60 Å². The van der Waals surface area contributed by atoms with E-state index in [0.29, 0.717) is 28.4 Å². The topological polar surface area (TPSA) is 112 Å². The first-order valence-electron chi connectivity index (χ1n) is 10.1. The van der Waals surface area contributed by atoms with Crippen molar-refractivity contribution in [1.82, 2.24) is 0 Å². The Balaban J connectivity index is 2.05. The normalized spacial score (nSPS) is 10.9. The largest absolute Gasteiger partial charge is 0.493 e. The van der Waals surface area contributed by atoms with Gasteiger partial charge in [-0.25, -0.2) is 9.59 Å². The summed E-state index contributed by atoms with van der Waals surface area (Å²) in [6.45, 7) is 4.95. The Morgan fingerprint density at radius 1 is 0.939 bits per heavy atom. The van der Waals surface area contributed by atoms with Gasteiger partial charge in [-0.15, -0.1) is 0 Å². The molecule has 0 aliphatic carbocycles. The van der Waals surface area contributed by atoms with Gasteiger partial charge in [-0.3, -0.25) is 10.1 Å². The van der Waals surface area contributed by atoms with E-state index in [0.717, 1.165) is 0 Å². The van der Waals surface area contributed by atoms with Gasteiger partial charge in [0.15, 0.2) is 18.1 Å². The molecule has 176 valence electrons. The molecule has 2 aromatic rings. The van der Waals surface area contributed by atoms with E-state index >= 15 is 0 Å². The average molecular weight is 456 g/mol. The third-order valence-electron chi connectivity index (χ3n) is 4.00. The van der Waals surface area contributed by atoms with Crippen molar-refractivity contribution >= 4 is 35.4 Å². The summed E-state index contributed by atoms with van der Waals surface area (Å²) in [4.78, 5) is 35.9. The van der Waals surface area contributed by atoms with Gasteiger partial charge in [0.05, 0.1) is 25.6 Å². The molecule has 0 aromatic heterocycles. The Morgan fingerprint density at radius 2 is 1.61 bits per heavy atom. The fraction of sp³-hybridized carbons (Fsp3) is 0.292. The zero-order chi connectivity index (χ0) is 24.4. The van der Waals surface area contributed by atoms with Crippen LogP contribution in [0.3, 0.4) is 0 Å². The van der Waals surface area contributed by atoms with Crippen molar-refractivity contribution in [3.05, 3.63) is 54.1 Å². The lowest BCUT2D eigenvalue weighted by molar-refractivity contribution is -0.134. The Hall–Kier alpha value is -4.01. The number of esters is 1. The SMILES string of the molecule is COC(=O)C=Cc1ccc(OC)c(OCC(=O)Nc2ccccc2NC(=O)OC(C)(C)C)c1. The summed E-state index contributed by atoms with van der Waals surface area (Å²) in [7, 11) is 2.76. The Kier molecular flexibility index (Phi) is 8.85. The number of hydrogen-bond donors (Lipinski definition) is 2. The van der Waals surface area contributed by atoms with Crippen LogP contribution in [-0.2, 0) is 19.1 Å². The molecule has 0 aliphatic heterocycles. The van der Waals surface area contributed by atoms with Crippen molar-refractivity contribution in [1.29, 1.82) is 0 Å². The second-order valence-corrected chi connectivity index (χ2v) is 7.78. The lowest BCUT2D eigenvalue weighted by atomic mass is 10.2. The maximum Gasteiger partial charge on any atom is 0.412 e. The van der Waals surface area contributed by atoms with Gasteiger partial charge in [0.25, 0.3) is 5.91 Å². The Labute approximate surface area is 192 Å². The number of benzene rings is 2. The van der Waals surface area contributed by atoms with Gasteiger partial charge < -0.3 is 24.3 Å². The number of amides is 2. The maximum absolute atomic E-state index is 12.5. The van der Waals surface area contributed by atoms with Crippen molar-refractivity contribution in [2.24, 2.45) is 0 Å². The Morgan fingerprint density at radius 3 is 2.21 bits per heavy atom. The van der Waals surface area contributed by atoms with Gasteiger partial charge in [-0.1, -0.05) is 18.2 Å². The standard InChI is InChI=1S/C24H28N2O7/c1-24(2,3)33-23(29)26-18-9-7-6-8-17(18)25-21(27)15-32-20-14-16(10-12-19(20)30-4)11-13-22(28)31-5/h6-14H,15H2,1-5H3,(H,25,27)(H,26,29). The van der Waals surface area contributed by atoms with E-state index in [2.05, 4.69) is 15.4 Å². The monoisotopic (exact) mass is 456 g/mol. The van der Waals surface area contributed by atoms with Gasteiger partial charge in [0.2, 0.25) is 0 Å². The van der Waals surface area contributed by atoms with E-state index in [9.17, 15) is 14.4 Å². The van der Waals surface area contributed by atoms with E-state index in [-0.39, 0.29) is 6.61 Å². The van der Waals surface area contributed by atoms with Crippen LogP contribution in [0.25, 0.3) is 6.08 Å². The van der Waals surface area contributed by atoms with Gasteiger partial charge in [0, 0.05) is 6.08 Å². The molecule has 9 heteroatoms. The highest BCUT2D eigenvalue weighted by molar-refractivity contribution is 5.98. The molecule has 2 N–H and O–H groups in total.